The topological polar surface area (TPSA) is 49.4 Å². The summed E-state index contributed by atoms with van der Waals surface area (Å²) >= 11 is 0. The predicted octanol–water partition coefficient (Wildman–Crippen LogP) is 0.656. The summed E-state index contributed by atoms with van der Waals surface area (Å²) in [5.74, 6) is 0.987. The van der Waals surface area contributed by atoms with E-state index in [0.717, 1.165) is 19.4 Å². The van der Waals surface area contributed by atoms with Crippen molar-refractivity contribution in [2.24, 2.45) is 11.8 Å². The minimum Gasteiger partial charge on any atom is -0.315 e. The van der Waals surface area contributed by atoms with E-state index < -0.39 is 10.0 Å². The third-order valence-electron chi connectivity index (χ3n) is 3.63. The average Bonchev–Trinajstić information content (AvgIpc) is 2.69. The zero-order valence-corrected chi connectivity index (χ0v) is 11.0. The molecule has 3 unspecified atom stereocenters. The van der Waals surface area contributed by atoms with Gasteiger partial charge in [0.15, 0.2) is 0 Å². The van der Waals surface area contributed by atoms with Gasteiger partial charge in [-0.25, -0.2) is 12.7 Å². The van der Waals surface area contributed by atoms with Crippen molar-refractivity contribution in [1.29, 1.82) is 0 Å². The number of nitrogens with zero attached hydrogens (tertiary/aromatic N) is 1. The Morgan fingerprint density at radius 1 is 1.19 bits per heavy atom. The fourth-order valence-electron chi connectivity index (χ4n) is 2.91. The summed E-state index contributed by atoms with van der Waals surface area (Å²) in [5.41, 5.74) is 0. The molecule has 2 rings (SSSR count). The van der Waals surface area contributed by atoms with E-state index in [1.807, 2.05) is 0 Å². The largest absolute Gasteiger partial charge is 0.315 e. The highest BCUT2D eigenvalue weighted by Crippen LogP contribution is 2.26. The smallest absolute Gasteiger partial charge is 0.218 e. The first-order valence-electron chi connectivity index (χ1n) is 6.20. The normalized spacial score (nSPS) is 37.8. The van der Waals surface area contributed by atoms with E-state index in [2.05, 4.69) is 19.2 Å². The molecule has 3 atom stereocenters. The Morgan fingerprint density at radius 3 is 2.31 bits per heavy atom. The van der Waals surface area contributed by atoms with Crippen molar-refractivity contribution in [2.75, 3.05) is 26.2 Å². The van der Waals surface area contributed by atoms with E-state index in [4.69, 9.17) is 0 Å². The second-order valence-electron chi connectivity index (χ2n) is 5.42. The fraction of sp³-hybridized carbons (Fsp3) is 1.00. The monoisotopic (exact) mass is 246 g/mol. The molecule has 0 aromatic rings. The van der Waals surface area contributed by atoms with Gasteiger partial charge in [-0.3, -0.25) is 0 Å². The van der Waals surface area contributed by atoms with Gasteiger partial charge < -0.3 is 5.32 Å². The minimum atomic E-state index is -3.06. The highest BCUT2D eigenvalue weighted by molar-refractivity contribution is 7.89. The molecule has 0 saturated carbocycles. The van der Waals surface area contributed by atoms with Gasteiger partial charge in [-0.15, -0.1) is 0 Å². The maximum atomic E-state index is 12.4. The maximum Gasteiger partial charge on any atom is 0.218 e. The molecule has 2 aliphatic heterocycles. The van der Waals surface area contributed by atoms with Crippen LogP contribution in [-0.2, 0) is 10.0 Å². The van der Waals surface area contributed by atoms with E-state index in [1.165, 1.54) is 0 Å². The molecule has 4 nitrogen and oxygen atoms in total. The Labute approximate surface area is 98.4 Å². The number of nitrogens with one attached hydrogen (secondary N) is 1. The summed E-state index contributed by atoms with van der Waals surface area (Å²) in [5, 5.41) is 2.94. The van der Waals surface area contributed by atoms with E-state index in [-0.39, 0.29) is 5.25 Å². The highest BCUT2D eigenvalue weighted by atomic mass is 32.2. The van der Waals surface area contributed by atoms with Crippen LogP contribution >= 0.6 is 0 Å². The summed E-state index contributed by atoms with van der Waals surface area (Å²) < 4.78 is 26.5. The number of piperidine rings is 1. The van der Waals surface area contributed by atoms with Crippen molar-refractivity contribution < 1.29 is 8.42 Å². The molecule has 0 aromatic carbocycles. The second kappa shape index (κ2) is 4.63. The van der Waals surface area contributed by atoms with Gasteiger partial charge in [-0.2, -0.15) is 0 Å². The summed E-state index contributed by atoms with van der Waals surface area (Å²) in [6, 6.07) is 0. The average molecular weight is 246 g/mol. The van der Waals surface area contributed by atoms with Crippen molar-refractivity contribution >= 4 is 10.0 Å². The lowest BCUT2D eigenvalue weighted by atomic mass is 9.94. The Kier molecular flexibility index (Phi) is 3.56. The van der Waals surface area contributed by atoms with Gasteiger partial charge >= 0.3 is 0 Å². The Balaban J connectivity index is 2.10. The molecular formula is C11H22N2O2S. The number of rotatable bonds is 2. The fourth-order valence-corrected chi connectivity index (χ4v) is 5.00. The van der Waals surface area contributed by atoms with Gasteiger partial charge in [0.05, 0.1) is 5.25 Å². The summed E-state index contributed by atoms with van der Waals surface area (Å²) in [6.45, 7) is 7.17. The molecule has 1 N–H and O–H groups in total. The molecule has 0 aromatic heterocycles. The van der Waals surface area contributed by atoms with E-state index in [9.17, 15) is 8.42 Å². The molecule has 5 heteroatoms. The first-order valence-corrected chi connectivity index (χ1v) is 7.70. The summed E-state index contributed by atoms with van der Waals surface area (Å²) in [6.07, 6.45) is 1.91. The molecule has 2 saturated heterocycles. The van der Waals surface area contributed by atoms with Crippen LogP contribution in [0.4, 0.5) is 0 Å². The van der Waals surface area contributed by atoms with Crippen LogP contribution in [-0.4, -0.2) is 44.2 Å². The molecule has 2 heterocycles. The SMILES string of the molecule is CC1CC(C)CN(S(=O)(=O)C2CCNC2)C1. The molecule has 0 spiro atoms. The van der Waals surface area contributed by atoms with Gasteiger partial charge in [0.2, 0.25) is 10.0 Å². The molecule has 2 aliphatic rings. The standard InChI is InChI=1S/C11H22N2O2S/c1-9-5-10(2)8-13(7-9)16(14,15)11-3-4-12-6-11/h9-12H,3-8H2,1-2H3. The quantitative estimate of drug-likeness (QED) is 0.778. The predicted molar refractivity (Wildman–Crippen MR) is 64.7 cm³/mol. The molecule has 2 fully saturated rings. The Bertz CT molecular complexity index is 326. The maximum absolute atomic E-state index is 12.4. The molecule has 16 heavy (non-hydrogen) atoms. The molecule has 0 aliphatic carbocycles. The van der Waals surface area contributed by atoms with Crippen LogP contribution in [0.3, 0.4) is 0 Å². The molecular weight excluding hydrogens is 224 g/mol. The van der Waals surface area contributed by atoms with Crippen LogP contribution in [0.15, 0.2) is 0 Å². The molecule has 0 bridgehead atoms. The van der Waals surface area contributed by atoms with E-state index in [1.54, 1.807) is 4.31 Å². The lowest BCUT2D eigenvalue weighted by molar-refractivity contribution is 0.221. The van der Waals surface area contributed by atoms with Gasteiger partial charge in [-0.05, 0) is 31.2 Å². The van der Waals surface area contributed by atoms with Crippen molar-refractivity contribution in [3.8, 4) is 0 Å². The van der Waals surface area contributed by atoms with Crippen molar-refractivity contribution in [2.45, 2.75) is 31.9 Å². The molecule has 0 amide bonds. The third-order valence-corrected chi connectivity index (χ3v) is 5.89. The van der Waals surface area contributed by atoms with Crippen molar-refractivity contribution in [1.82, 2.24) is 9.62 Å². The van der Waals surface area contributed by atoms with Crippen molar-refractivity contribution in [3.05, 3.63) is 0 Å². The number of hydrogen-bond acceptors (Lipinski definition) is 3. The zero-order chi connectivity index (χ0) is 11.8. The third kappa shape index (κ3) is 2.41. The Morgan fingerprint density at radius 2 is 1.81 bits per heavy atom. The van der Waals surface area contributed by atoms with Crippen LogP contribution in [0.1, 0.15) is 26.7 Å². The first-order chi connectivity index (χ1) is 7.50. The van der Waals surface area contributed by atoms with Crippen LogP contribution in [0.2, 0.25) is 0 Å². The summed E-state index contributed by atoms with van der Waals surface area (Å²) in [7, 11) is -3.06. The zero-order valence-electron chi connectivity index (χ0n) is 10.1. The number of hydrogen-bond donors (Lipinski definition) is 1. The molecule has 94 valence electrons. The molecule has 0 radical (unpaired) electrons. The lowest BCUT2D eigenvalue weighted by Gasteiger charge is -2.35. The highest BCUT2D eigenvalue weighted by Gasteiger charge is 2.37. The summed E-state index contributed by atoms with van der Waals surface area (Å²) in [4.78, 5) is 0. The second-order valence-corrected chi connectivity index (χ2v) is 7.64. The van der Waals surface area contributed by atoms with Gasteiger partial charge in [0.25, 0.3) is 0 Å². The van der Waals surface area contributed by atoms with Gasteiger partial charge in [0, 0.05) is 19.6 Å². The van der Waals surface area contributed by atoms with Gasteiger partial charge in [0.1, 0.15) is 0 Å². The van der Waals surface area contributed by atoms with Gasteiger partial charge in [-0.1, -0.05) is 13.8 Å². The van der Waals surface area contributed by atoms with Crippen LogP contribution in [0, 0.1) is 11.8 Å². The minimum absolute atomic E-state index is 0.190. The van der Waals surface area contributed by atoms with Crippen molar-refractivity contribution in [3.63, 3.8) is 0 Å². The first kappa shape index (κ1) is 12.3. The van der Waals surface area contributed by atoms with Crippen LogP contribution < -0.4 is 5.32 Å². The lowest BCUT2D eigenvalue weighted by Crippen LogP contribution is -2.47. The number of sulfonamides is 1. The van der Waals surface area contributed by atoms with Crippen LogP contribution in [0.25, 0.3) is 0 Å². The van der Waals surface area contributed by atoms with E-state index in [0.29, 0.717) is 31.5 Å². The van der Waals surface area contributed by atoms with E-state index >= 15 is 0 Å². The Hall–Kier alpha value is -0.130. The van der Waals surface area contributed by atoms with Crippen LogP contribution in [0.5, 0.6) is 0 Å².